The van der Waals surface area contributed by atoms with Gasteiger partial charge in [-0.25, -0.2) is 0 Å². The number of nitrogens with zero attached hydrogens (tertiary/aromatic N) is 2. The van der Waals surface area contributed by atoms with Gasteiger partial charge in [-0.1, -0.05) is 115 Å². The van der Waals surface area contributed by atoms with Crippen LogP contribution >= 0.6 is 0 Å². The van der Waals surface area contributed by atoms with Crippen molar-refractivity contribution in [1.29, 1.82) is 0 Å². The fourth-order valence-electron chi connectivity index (χ4n) is 6.36. The second-order valence-corrected chi connectivity index (χ2v) is 11.1. The van der Waals surface area contributed by atoms with E-state index in [-0.39, 0.29) is 0 Å². The van der Waals surface area contributed by atoms with E-state index in [0.717, 1.165) is 0 Å². The number of aromatic nitrogens is 1. The first-order valence-electron chi connectivity index (χ1n) is 14.8. The van der Waals surface area contributed by atoms with Gasteiger partial charge in [0.05, 0.1) is 11.0 Å². The third-order valence-electron chi connectivity index (χ3n) is 8.62. The quantitative estimate of drug-likeness (QED) is 0.207. The van der Waals surface area contributed by atoms with Crippen LogP contribution in [0, 0.1) is 0 Å². The molecule has 0 saturated heterocycles. The molecule has 1 heterocycles. The molecule has 43 heavy (non-hydrogen) atoms. The van der Waals surface area contributed by atoms with E-state index in [1.165, 1.54) is 71.9 Å². The van der Waals surface area contributed by atoms with Gasteiger partial charge in [-0.2, -0.15) is 0 Å². The summed E-state index contributed by atoms with van der Waals surface area (Å²) in [5.41, 5.74) is 10.8. The Morgan fingerprint density at radius 2 is 0.977 bits per heavy atom. The molecule has 0 radical (unpaired) electrons. The molecule has 0 spiro atoms. The topological polar surface area (TPSA) is 8.17 Å². The second kappa shape index (κ2) is 10.3. The Balaban J connectivity index is 1.18. The van der Waals surface area contributed by atoms with E-state index >= 15 is 0 Å². The first kappa shape index (κ1) is 25.1. The standard InChI is InChI=1S/C41H30N2/c1-42(34-11-4-2-5-12-34)35-24-20-30(21-25-35)29-16-18-31(19-17-29)33-22-26-38-40(28-33)43(36-13-6-3-7-14-36)39-27-23-32-10-8-9-15-37(32)41(38)39/h2-28H,1H3. The maximum Gasteiger partial charge on any atom is 0.0547 e. The summed E-state index contributed by atoms with van der Waals surface area (Å²) in [6, 6.07) is 59.0. The number of para-hydroxylation sites is 2. The lowest BCUT2D eigenvalue weighted by Crippen LogP contribution is -2.08. The van der Waals surface area contributed by atoms with Crippen molar-refractivity contribution in [3.05, 3.63) is 164 Å². The minimum atomic E-state index is 1.17. The van der Waals surface area contributed by atoms with Gasteiger partial charge in [0.15, 0.2) is 0 Å². The second-order valence-electron chi connectivity index (χ2n) is 11.1. The van der Waals surface area contributed by atoms with E-state index < -0.39 is 0 Å². The van der Waals surface area contributed by atoms with E-state index in [1.54, 1.807) is 0 Å². The van der Waals surface area contributed by atoms with Crippen molar-refractivity contribution in [1.82, 2.24) is 4.57 Å². The Labute approximate surface area is 251 Å². The van der Waals surface area contributed by atoms with Gasteiger partial charge < -0.3 is 9.47 Å². The van der Waals surface area contributed by atoms with Crippen LogP contribution in [-0.2, 0) is 0 Å². The van der Waals surface area contributed by atoms with Crippen molar-refractivity contribution >= 4 is 44.0 Å². The minimum Gasteiger partial charge on any atom is -0.345 e. The van der Waals surface area contributed by atoms with Crippen LogP contribution in [0.15, 0.2) is 164 Å². The van der Waals surface area contributed by atoms with Gasteiger partial charge in [-0.15, -0.1) is 0 Å². The van der Waals surface area contributed by atoms with Gasteiger partial charge in [0, 0.05) is 34.9 Å². The van der Waals surface area contributed by atoms with Gasteiger partial charge in [0.2, 0.25) is 0 Å². The molecule has 2 nitrogen and oxygen atoms in total. The Morgan fingerprint density at radius 3 is 1.70 bits per heavy atom. The normalized spacial score (nSPS) is 11.4. The number of benzene rings is 7. The molecule has 7 aromatic carbocycles. The lowest BCUT2D eigenvalue weighted by molar-refractivity contribution is 1.18. The van der Waals surface area contributed by atoms with Crippen LogP contribution in [0.4, 0.5) is 11.4 Å². The van der Waals surface area contributed by atoms with Crippen LogP contribution in [0.3, 0.4) is 0 Å². The monoisotopic (exact) mass is 550 g/mol. The third-order valence-corrected chi connectivity index (χ3v) is 8.62. The van der Waals surface area contributed by atoms with Gasteiger partial charge in [-0.3, -0.25) is 0 Å². The van der Waals surface area contributed by atoms with Gasteiger partial charge in [0.1, 0.15) is 0 Å². The fraction of sp³-hybridized carbons (Fsp3) is 0.0244. The summed E-state index contributed by atoms with van der Waals surface area (Å²) in [6.45, 7) is 0. The first-order chi connectivity index (χ1) is 21.2. The molecule has 8 aromatic rings. The highest BCUT2D eigenvalue weighted by Gasteiger charge is 2.15. The Morgan fingerprint density at radius 1 is 0.419 bits per heavy atom. The third kappa shape index (κ3) is 4.36. The maximum absolute atomic E-state index is 2.41. The molecule has 0 aliphatic rings. The summed E-state index contributed by atoms with van der Waals surface area (Å²) in [7, 11) is 2.11. The summed E-state index contributed by atoms with van der Waals surface area (Å²) in [5.74, 6) is 0. The van der Waals surface area contributed by atoms with Crippen LogP contribution in [0.2, 0.25) is 0 Å². The van der Waals surface area contributed by atoms with Crippen LogP contribution in [-0.4, -0.2) is 11.6 Å². The van der Waals surface area contributed by atoms with E-state index in [4.69, 9.17) is 0 Å². The van der Waals surface area contributed by atoms with Crippen LogP contribution in [0.5, 0.6) is 0 Å². The predicted octanol–water partition coefficient (Wildman–Crippen LogP) is 11.0. The molecule has 0 aliphatic carbocycles. The fourth-order valence-corrected chi connectivity index (χ4v) is 6.36. The molecular formula is C41H30N2. The summed E-state index contributed by atoms with van der Waals surface area (Å²) in [6.07, 6.45) is 0. The van der Waals surface area contributed by atoms with Crippen LogP contribution < -0.4 is 4.90 Å². The van der Waals surface area contributed by atoms with Crippen LogP contribution in [0.25, 0.3) is 60.5 Å². The van der Waals surface area contributed by atoms with Gasteiger partial charge in [0.25, 0.3) is 0 Å². The van der Waals surface area contributed by atoms with Crippen molar-refractivity contribution in [3.63, 3.8) is 0 Å². The molecule has 0 N–H and O–H groups in total. The van der Waals surface area contributed by atoms with Crippen molar-refractivity contribution in [2.24, 2.45) is 0 Å². The molecule has 204 valence electrons. The average molecular weight is 551 g/mol. The van der Waals surface area contributed by atoms with Crippen molar-refractivity contribution in [3.8, 4) is 27.9 Å². The zero-order valence-corrected chi connectivity index (χ0v) is 24.0. The van der Waals surface area contributed by atoms with E-state index in [9.17, 15) is 0 Å². The number of hydrogen-bond donors (Lipinski definition) is 0. The Hall–Kier alpha value is -5.60. The highest BCUT2D eigenvalue weighted by Crippen LogP contribution is 2.39. The smallest absolute Gasteiger partial charge is 0.0547 e. The molecule has 0 aliphatic heterocycles. The van der Waals surface area contributed by atoms with Crippen LogP contribution in [0.1, 0.15) is 0 Å². The molecule has 8 rings (SSSR count). The summed E-state index contributed by atoms with van der Waals surface area (Å²) < 4.78 is 2.41. The van der Waals surface area contributed by atoms with Gasteiger partial charge >= 0.3 is 0 Å². The molecule has 0 unspecified atom stereocenters. The van der Waals surface area contributed by atoms with E-state index in [2.05, 4.69) is 174 Å². The average Bonchev–Trinajstić information content (AvgIpc) is 3.43. The number of fused-ring (bicyclic) bond motifs is 5. The molecule has 0 amide bonds. The number of anilines is 2. The molecule has 0 bridgehead atoms. The lowest BCUT2D eigenvalue weighted by atomic mass is 9.98. The van der Waals surface area contributed by atoms with Crippen molar-refractivity contribution < 1.29 is 0 Å². The van der Waals surface area contributed by atoms with E-state index in [0.29, 0.717) is 0 Å². The predicted molar refractivity (Wildman–Crippen MR) is 184 cm³/mol. The van der Waals surface area contributed by atoms with Gasteiger partial charge in [-0.05, 0) is 81.6 Å². The SMILES string of the molecule is CN(c1ccccc1)c1ccc(-c2ccc(-c3ccc4c5c6ccccc6ccc5n(-c5ccccc5)c4c3)cc2)cc1. The molecule has 0 atom stereocenters. The molecule has 0 saturated carbocycles. The Kier molecular flexibility index (Phi) is 6.05. The van der Waals surface area contributed by atoms with E-state index in [1.807, 2.05) is 6.07 Å². The summed E-state index contributed by atoms with van der Waals surface area (Å²) >= 11 is 0. The first-order valence-corrected chi connectivity index (χ1v) is 14.8. The minimum absolute atomic E-state index is 1.17. The lowest BCUT2D eigenvalue weighted by Gasteiger charge is -2.19. The number of hydrogen-bond acceptors (Lipinski definition) is 1. The Bertz CT molecular complexity index is 2210. The molecule has 2 heteroatoms. The molecule has 0 fully saturated rings. The van der Waals surface area contributed by atoms with Crippen molar-refractivity contribution in [2.45, 2.75) is 0 Å². The summed E-state index contributed by atoms with van der Waals surface area (Å²) in [4.78, 5) is 2.21. The number of rotatable bonds is 5. The highest BCUT2D eigenvalue weighted by molar-refractivity contribution is 6.21. The zero-order valence-electron chi connectivity index (χ0n) is 24.0. The zero-order chi connectivity index (χ0) is 28.8. The highest BCUT2D eigenvalue weighted by atomic mass is 15.1. The molecular weight excluding hydrogens is 520 g/mol. The van der Waals surface area contributed by atoms with Crippen molar-refractivity contribution in [2.75, 3.05) is 11.9 Å². The largest absolute Gasteiger partial charge is 0.345 e. The molecule has 1 aromatic heterocycles. The maximum atomic E-state index is 2.41. The summed E-state index contributed by atoms with van der Waals surface area (Å²) in [5, 5.41) is 5.14.